The molecule has 0 unspecified atom stereocenters. The van der Waals surface area contributed by atoms with Gasteiger partial charge in [-0.15, -0.1) is 0 Å². The molecule has 0 bridgehead atoms. The molecule has 5 aliphatic rings. The first kappa shape index (κ1) is 21.0. The molecule has 180 valence electrons. The summed E-state index contributed by atoms with van der Waals surface area (Å²) in [6, 6.07) is 14.3. The van der Waals surface area contributed by atoms with E-state index in [-0.39, 0.29) is 11.8 Å². The number of benzene rings is 2. The zero-order chi connectivity index (χ0) is 23.6. The third kappa shape index (κ3) is 3.68. The minimum atomic E-state index is -0.536. The van der Waals surface area contributed by atoms with Crippen molar-refractivity contribution < 1.29 is 19.1 Å². The van der Waals surface area contributed by atoms with Gasteiger partial charge in [-0.3, -0.25) is 19.5 Å². The largest absolute Gasteiger partial charge is 0.486 e. The van der Waals surface area contributed by atoms with Crippen molar-refractivity contribution in [1.82, 2.24) is 9.80 Å². The van der Waals surface area contributed by atoms with Crippen LogP contribution in [-0.2, 0) is 9.59 Å². The average Bonchev–Trinajstić information content (AvgIpc) is 3.82. The van der Waals surface area contributed by atoms with Gasteiger partial charge in [0.25, 0.3) is 5.91 Å². The van der Waals surface area contributed by atoms with Crippen LogP contribution in [0, 0.1) is 11.8 Å². The molecule has 1 spiro atoms. The van der Waals surface area contributed by atoms with Crippen LogP contribution in [0.4, 0.5) is 0 Å². The quantitative estimate of drug-likeness (QED) is 0.669. The molecule has 3 fully saturated rings. The van der Waals surface area contributed by atoms with Gasteiger partial charge in [0.1, 0.15) is 24.6 Å². The normalized spacial score (nSPS) is 24.2. The van der Waals surface area contributed by atoms with Gasteiger partial charge in [0.2, 0.25) is 5.91 Å². The summed E-state index contributed by atoms with van der Waals surface area (Å²) in [5.41, 5.74) is 2.57. The molecule has 0 aromatic heterocycles. The minimum absolute atomic E-state index is 0.135. The lowest BCUT2D eigenvalue weighted by molar-refractivity contribution is -0.131. The lowest BCUT2D eigenvalue weighted by Gasteiger charge is -2.23. The summed E-state index contributed by atoms with van der Waals surface area (Å²) in [6.07, 6.45) is 4.68. The number of amidine groups is 1. The highest BCUT2D eigenvalue weighted by atomic mass is 16.6. The summed E-state index contributed by atoms with van der Waals surface area (Å²) in [6.45, 7) is 3.34. The Kier molecular flexibility index (Phi) is 4.69. The van der Waals surface area contributed by atoms with E-state index in [0.717, 1.165) is 79.2 Å². The molecule has 1 saturated heterocycles. The third-order valence-electron chi connectivity index (χ3n) is 7.93. The summed E-state index contributed by atoms with van der Waals surface area (Å²) in [5, 5.41) is 0. The lowest BCUT2D eigenvalue weighted by Crippen LogP contribution is -2.40. The first-order valence-corrected chi connectivity index (χ1v) is 12.8. The number of nitrogens with zero attached hydrogens (tertiary/aromatic N) is 3. The smallest absolute Gasteiger partial charge is 0.256 e. The highest BCUT2D eigenvalue weighted by molar-refractivity contribution is 6.16. The van der Waals surface area contributed by atoms with Crippen LogP contribution in [-0.4, -0.2) is 65.8 Å². The summed E-state index contributed by atoms with van der Waals surface area (Å²) in [4.78, 5) is 34.7. The van der Waals surface area contributed by atoms with E-state index in [1.165, 1.54) is 0 Å². The maximum Gasteiger partial charge on any atom is 0.256 e. The summed E-state index contributed by atoms with van der Waals surface area (Å²) in [7, 11) is 0. The summed E-state index contributed by atoms with van der Waals surface area (Å²) >= 11 is 0. The SMILES string of the molecule is O=C(C1CC1)N1CC[C@@H](CN2C(=O)C3(CC3)N=C2c2ccc(-c3ccc4c(c3)OCCO4)cc2)C1. The molecule has 2 saturated carbocycles. The first-order valence-electron chi connectivity index (χ1n) is 12.8. The van der Waals surface area contributed by atoms with E-state index in [0.29, 0.717) is 31.6 Å². The van der Waals surface area contributed by atoms with E-state index >= 15 is 0 Å². The topological polar surface area (TPSA) is 71.4 Å². The van der Waals surface area contributed by atoms with E-state index in [1.807, 2.05) is 28.0 Å². The van der Waals surface area contributed by atoms with Gasteiger partial charge in [-0.2, -0.15) is 0 Å². The second-order valence-corrected chi connectivity index (χ2v) is 10.5. The molecule has 0 N–H and O–H groups in total. The van der Waals surface area contributed by atoms with Gasteiger partial charge in [-0.1, -0.05) is 30.3 Å². The van der Waals surface area contributed by atoms with Crippen molar-refractivity contribution in [3.8, 4) is 22.6 Å². The molecule has 2 aliphatic carbocycles. The maximum atomic E-state index is 13.3. The Labute approximate surface area is 204 Å². The fourth-order valence-electron chi connectivity index (χ4n) is 5.56. The van der Waals surface area contributed by atoms with Crippen molar-refractivity contribution in [3.05, 3.63) is 48.0 Å². The number of hydrogen-bond acceptors (Lipinski definition) is 5. The van der Waals surface area contributed by atoms with Crippen LogP contribution < -0.4 is 9.47 Å². The number of ether oxygens (including phenoxy) is 2. The van der Waals surface area contributed by atoms with Gasteiger partial charge in [-0.25, -0.2) is 0 Å². The van der Waals surface area contributed by atoms with Gasteiger partial charge in [0.05, 0.1) is 0 Å². The highest BCUT2D eigenvalue weighted by Crippen LogP contribution is 2.46. The standard InChI is InChI=1S/C28H29N3O4/c32-26(21-5-6-21)30-12-9-18(16-30)17-31-25(29-28(10-11-28)27(31)33)20-3-1-19(2-4-20)22-7-8-23-24(15-22)35-14-13-34-23/h1-4,7-8,15,18,21H,5-6,9-14,16-17H2/t18-/m1/s1. The molecule has 7 heteroatoms. The Morgan fingerprint density at radius 2 is 1.66 bits per heavy atom. The zero-order valence-electron chi connectivity index (χ0n) is 19.7. The zero-order valence-corrected chi connectivity index (χ0v) is 19.7. The van der Waals surface area contributed by atoms with E-state index in [9.17, 15) is 9.59 Å². The predicted molar refractivity (Wildman–Crippen MR) is 130 cm³/mol. The summed E-state index contributed by atoms with van der Waals surface area (Å²) < 4.78 is 11.4. The fourth-order valence-corrected chi connectivity index (χ4v) is 5.56. The number of carbonyl (C=O) groups is 2. The number of amides is 2. The van der Waals surface area contributed by atoms with Crippen LogP contribution in [0.25, 0.3) is 11.1 Å². The van der Waals surface area contributed by atoms with Crippen LogP contribution in [0.1, 0.15) is 37.7 Å². The highest BCUT2D eigenvalue weighted by Gasteiger charge is 2.57. The molecular weight excluding hydrogens is 442 g/mol. The summed E-state index contributed by atoms with van der Waals surface area (Å²) in [5.74, 6) is 3.34. The van der Waals surface area contributed by atoms with Gasteiger partial charge in [-0.05, 0) is 61.3 Å². The van der Waals surface area contributed by atoms with Crippen LogP contribution in [0.3, 0.4) is 0 Å². The molecule has 3 heterocycles. The van der Waals surface area contributed by atoms with Gasteiger partial charge in [0, 0.05) is 31.1 Å². The van der Waals surface area contributed by atoms with Gasteiger partial charge in [0.15, 0.2) is 11.5 Å². The van der Waals surface area contributed by atoms with E-state index in [1.54, 1.807) is 0 Å². The number of carbonyl (C=O) groups excluding carboxylic acids is 2. The number of rotatable bonds is 5. The Bertz CT molecular complexity index is 1230. The molecule has 2 aromatic rings. The molecule has 7 nitrogen and oxygen atoms in total. The Morgan fingerprint density at radius 3 is 2.40 bits per heavy atom. The van der Waals surface area contributed by atoms with Crippen molar-refractivity contribution in [2.75, 3.05) is 32.8 Å². The molecule has 1 atom stereocenters. The molecule has 3 aliphatic heterocycles. The fraction of sp³-hybridized carbons (Fsp3) is 0.464. The third-order valence-corrected chi connectivity index (χ3v) is 7.93. The number of fused-ring (bicyclic) bond motifs is 1. The monoisotopic (exact) mass is 471 g/mol. The van der Waals surface area contributed by atoms with Crippen LogP contribution >= 0.6 is 0 Å². The van der Waals surface area contributed by atoms with Crippen LogP contribution in [0.2, 0.25) is 0 Å². The van der Waals surface area contributed by atoms with Crippen LogP contribution in [0.15, 0.2) is 47.5 Å². The van der Waals surface area contributed by atoms with E-state index in [4.69, 9.17) is 14.5 Å². The first-order chi connectivity index (χ1) is 17.1. The second kappa shape index (κ2) is 7.83. The molecule has 2 amide bonds. The Hall–Kier alpha value is -3.35. The van der Waals surface area contributed by atoms with Crippen LogP contribution in [0.5, 0.6) is 11.5 Å². The molecular formula is C28H29N3O4. The van der Waals surface area contributed by atoms with Gasteiger partial charge >= 0.3 is 0 Å². The predicted octanol–water partition coefficient (Wildman–Crippen LogP) is 3.50. The van der Waals surface area contributed by atoms with E-state index < -0.39 is 5.54 Å². The average molecular weight is 472 g/mol. The van der Waals surface area contributed by atoms with Crippen molar-refractivity contribution in [2.24, 2.45) is 16.8 Å². The van der Waals surface area contributed by atoms with Crippen molar-refractivity contribution >= 4 is 17.6 Å². The van der Waals surface area contributed by atoms with E-state index in [2.05, 4.69) is 24.3 Å². The number of hydrogen-bond donors (Lipinski definition) is 0. The number of aliphatic imine (C=N–C) groups is 1. The number of likely N-dealkylation sites (tertiary alicyclic amines) is 1. The molecule has 7 rings (SSSR count). The van der Waals surface area contributed by atoms with Gasteiger partial charge < -0.3 is 14.4 Å². The molecule has 0 radical (unpaired) electrons. The molecule has 2 aromatic carbocycles. The van der Waals surface area contributed by atoms with Crippen molar-refractivity contribution in [2.45, 2.75) is 37.6 Å². The Balaban J connectivity index is 1.10. The second-order valence-electron chi connectivity index (χ2n) is 10.5. The minimum Gasteiger partial charge on any atom is -0.486 e. The Morgan fingerprint density at radius 1 is 0.943 bits per heavy atom. The van der Waals surface area contributed by atoms with Crippen molar-refractivity contribution in [1.29, 1.82) is 0 Å². The maximum absolute atomic E-state index is 13.3. The lowest BCUT2D eigenvalue weighted by atomic mass is 10.0. The molecule has 35 heavy (non-hydrogen) atoms. The van der Waals surface area contributed by atoms with Crippen molar-refractivity contribution in [3.63, 3.8) is 0 Å².